The van der Waals surface area contributed by atoms with Crippen molar-refractivity contribution in [2.24, 2.45) is 0 Å². The molecule has 0 saturated heterocycles. The number of allylic oxidation sites excluding steroid dienone is 4. The molecule has 8 heteroatoms. The third kappa shape index (κ3) is 32.0. The van der Waals surface area contributed by atoms with Gasteiger partial charge >= 0.3 is 0 Å². The number of fused-ring (bicyclic) bond motifs is 1. The van der Waals surface area contributed by atoms with Gasteiger partial charge in [0.2, 0.25) is 5.78 Å². The fourth-order valence-corrected chi connectivity index (χ4v) is 6.09. The van der Waals surface area contributed by atoms with Crippen molar-refractivity contribution in [1.29, 1.82) is 0 Å². The average Bonchev–Trinajstić information content (AvgIpc) is 3.38. The summed E-state index contributed by atoms with van der Waals surface area (Å²) in [7, 11) is 1.72. The van der Waals surface area contributed by atoms with Crippen LogP contribution in [0.25, 0.3) is 27.5 Å². The number of methoxy groups -OCH3 is 1. The van der Waals surface area contributed by atoms with E-state index in [0.717, 1.165) is 56.8 Å². The predicted molar refractivity (Wildman–Crippen MR) is 298 cm³/mol. The first-order valence-corrected chi connectivity index (χ1v) is 23.8. The van der Waals surface area contributed by atoms with Crippen molar-refractivity contribution >= 4 is 40.7 Å². The summed E-state index contributed by atoms with van der Waals surface area (Å²) in [6.07, 6.45) is 21.1. The SMILES string of the molecule is C.C#CC(=O)c1ccc(OCCCCCCOC)cc1.C/C=C(\C)c1cc(-c2ccc(OCCCCCCC)cc2)ccc1C.C=CC(C)=O.C=CC=O.CC.Cc1cccc2ccccc12.O=CO. The number of Topliss-reactive ketones (excluding diaryl/α,β-unsaturated/α-hetero) is 1. The number of benzene rings is 5. The van der Waals surface area contributed by atoms with E-state index in [-0.39, 0.29) is 25.5 Å². The molecule has 0 fully saturated rings. The Labute approximate surface area is 422 Å². The third-order valence-electron chi connectivity index (χ3n) is 9.95. The van der Waals surface area contributed by atoms with Crippen LogP contribution < -0.4 is 9.47 Å². The number of ether oxygens (including phenoxy) is 3. The molecule has 380 valence electrons. The van der Waals surface area contributed by atoms with Crippen LogP contribution >= 0.6 is 0 Å². The first kappa shape index (κ1) is 67.4. The lowest BCUT2D eigenvalue weighted by Gasteiger charge is -2.11. The van der Waals surface area contributed by atoms with Gasteiger partial charge in [-0.2, -0.15) is 0 Å². The first-order valence-electron chi connectivity index (χ1n) is 23.8. The molecule has 70 heavy (non-hydrogen) atoms. The summed E-state index contributed by atoms with van der Waals surface area (Å²) in [6, 6.07) is 36.9. The Hall–Kier alpha value is -6.82. The minimum atomic E-state index is -0.301. The van der Waals surface area contributed by atoms with E-state index in [1.807, 2.05) is 13.8 Å². The van der Waals surface area contributed by atoms with Crippen molar-refractivity contribution in [3.05, 3.63) is 163 Å². The summed E-state index contributed by atoms with van der Waals surface area (Å²) < 4.78 is 16.4. The molecule has 0 unspecified atom stereocenters. The zero-order valence-electron chi connectivity index (χ0n) is 43.1. The van der Waals surface area contributed by atoms with E-state index >= 15 is 0 Å². The number of hydrogen-bond donors (Lipinski definition) is 1. The van der Waals surface area contributed by atoms with Crippen molar-refractivity contribution in [3.63, 3.8) is 0 Å². The number of aryl methyl sites for hydroxylation is 2. The molecular weight excluding hydrogens is 873 g/mol. The van der Waals surface area contributed by atoms with Crippen LogP contribution in [0.4, 0.5) is 0 Å². The van der Waals surface area contributed by atoms with E-state index in [1.165, 1.54) is 88.9 Å². The van der Waals surface area contributed by atoms with Crippen LogP contribution in [0.15, 0.2) is 141 Å². The molecule has 0 aliphatic carbocycles. The fraction of sp³-hybridized carbons (Fsp3) is 0.355. The first-order chi connectivity index (χ1) is 33.4. The third-order valence-corrected chi connectivity index (χ3v) is 9.95. The van der Waals surface area contributed by atoms with E-state index in [0.29, 0.717) is 18.5 Å². The second kappa shape index (κ2) is 45.9. The molecule has 5 aromatic carbocycles. The topological polar surface area (TPSA) is 116 Å². The van der Waals surface area contributed by atoms with Gasteiger partial charge < -0.3 is 19.3 Å². The molecule has 0 amide bonds. The van der Waals surface area contributed by atoms with E-state index in [4.69, 9.17) is 35.3 Å². The smallest absolute Gasteiger partial charge is 0.290 e. The van der Waals surface area contributed by atoms with Gasteiger partial charge in [-0.1, -0.05) is 146 Å². The maximum atomic E-state index is 11.2. The van der Waals surface area contributed by atoms with E-state index in [9.17, 15) is 9.59 Å². The highest BCUT2D eigenvalue weighted by atomic mass is 16.5. The van der Waals surface area contributed by atoms with Gasteiger partial charge in [-0.3, -0.25) is 19.2 Å². The molecule has 5 aromatic rings. The summed E-state index contributed by atoms with van der Waals surface area (Å²) in [5.74, 6) is 3.54. The monoisotopic (exact) mass is 957 g/mol. The lowest BCUT2D eigenvalue weighted by molar-refractivity contribution is -0.123. The maximum absolute atomic E-state index is 11.2. The Balaban J connectivity index is -0.000000875. The standard InChI is InChI=1S/C24H32O.C16H20O3.C11H10.C4H6O.C3H4O.C2H6.CH2O2.CH4/c1-5-7-8-9-10-17-25-23-15-13-21(14-16-23)22-12-11-20(4)24(18-22)19(3)6-2;1-3-16(17)14-8-10-15(11-9-14)19-13-7-5-4-6-12-18-2;1-9-5-4-7-10-6-2-3-8-11(9)10;1-3-4(2)5;1-2-3-4;1-2;2-1-3;/h6,11-16,18H,5,7-10,17H2,1-4H3;1,8-11H,4-7,12-13H2,2H3;2-8H,1H3;3H,1H2,2H3;2-3H,1H2;1-2H3;1H,(H,2,3);1H4/b19-6+;;;;;;;. The molecule has 0 spiro atoms. The van der Waals surface area contributed by atoms with E-state index in [2.05, 4.69) is 145 Å². The largest absolute Gasteiger partial charge is 0.494 e. The molecule has 0 aliphatic rings. The summed E-state index contributed by atoms with van der Waals surface area (Å²) >= 11 is 0. The summed E-state index contributed by atoms with van der Waals surface area (Å²) in [5.41, 5.74) is 8.34. The summed E-state index contributed by atoms with van der Waals surface area (Å²) in [4.78, 5) is 38.3. The minimum absolute atomic E-state index is 0. The van der Waals surface area contributed by atoms with Crippen LogP contribution in [0.1, 0.15) is 134 Å². The molecule has 0 atom stereocenters. The highest BCUT2D eigenvalue weighted by molar-refractivity contribution is 6.08. The Morgan fingerprint density at radius 3 is 1.61 bits per heavy atom. The highest BCUT2D eigenvalue weighted by Crippen LogP contribution is 2.28. The van der Waals surface area contributed by atoms with Gasteiger partial charge in [0.15, 0.2) is 5.78 Å². The number of hydrogen-bond acceptors (Lipinski definition) is 7. The zero-order valence-corrected chi connectivity index (χ0v) is 43.1. The Bertz CT molecular complexity index is 2220. The van der Waals surface area contributed by atoms with Crippen molar-refractivity contribution < 1.29 is 38.5 Å². The number of carbonyl (C=O) groups excluding carboxylic acids is 3. The second-order valence-corrected chi connectivity index (χ2v) is 15.1. The second-order valence-electron chi connectivity index (χ2n) is 15.1. The molecular formula is C62H84O8. The van der Waals surface area contributed by atoms with Crippen LogP contribution in [-0.4, -0.2) is 56.4 Å². The van der Waals surface area contributed by atoms with Crippen LogP contribution in [0.3, 0.4) is 0 Å². The van der Waals surface area contributed by atoms with Gasteiger partial charge in [-0.05, 0) is 165 Å². The molecule has 1 N–H and O–H groups in total. The number of carboxylic acid groups (broad SMARTS) is 1. The van der Waals surface area contributed by atoms with Crippen molar-refractivity contribution in [2.75, 3.05) is 26.9 Å². The lowest BCUT2D eigenvalue weighted by Crippen LogP contribution is -1.99. The molecule has 0 heterocycles. The summed E-state index contributed by atoms with van der Waals surface area (Å²) in [6.45, 7) is 24.7. The minimum Gasteiger partial charge on any atom is -0.494 e. The molecule has 0 radical (unpaired) electrons. The van der Waals surface area contributed by atoms with Crippen molar-refractivity contribution in [3.8, 4) is 35.0 Å². The van der Waals surface area contributed by atoms with Gasteiger partial charge in [0.05, 0.1) is 13.2 Å². The fourth-order valence-electron chi connectivity index (χ4n) is 6.09. The van der Waals surface area contributed by atoms with Crippen molar-refractivity contribution in [1.82, 2.24) is 0 Å². The average molecular weight is 957 g/mol. The van der Waals surface area contributed by atoms with Gasteiger partial charge in [-0.15, -0.1) is 6.42 Å². The summed E-state index contributed by atoms with van der Waals surface area (Å²) in [5, 5.41) is 9.57. The maximum Gasteiger partial charge on any atom is 0.290 e. The van der Waals surface area contributed by atoms with E-state index in [1.54, 1.807) is 31.4 Å². The Morgan fingerprint density at radius 2 is 1.16 bits per heavy atom. The van der Waals surface area contributed by atoms with Crippen LogP contribution in [0.5, 0.6) is 11.5 Å². The highest BCUT2D eigenvalue weighted by Gasteiger charge is 2.05. The van der Waals surface area contributed by atoms with Gasteiger partial charge in [0, 0.05) is 19.3 Å². The van der Waals surface area contributed by atoms with Gasteiger partial charge in [0.1, 0.15) is 17.8 Å². The van der Waals surface area contributed by atoms with Crippen LogP contribution in [-0.2, 0) is 19.1 Å². The quantitative estimate of drug-likeness (QED) is 0.0205. The number of carbonyl (C=O) groups is 4. The van der Waals surface area contributed by atoms with Crippen LogP contribution in [0, 0.1) is 26.2 Å². The molecule has 5 rings (SSSR count). The number of rotatable bonds is 20. The predicted octanol–water partition coefficient (Wildman–Crippen LogP) is 16.2. The van der Waals surface area contributed by atoms with Crippen LogP contribution in [0.2, 0.25) is 0 Å². The molecule has 0 bridgehead atoms. The number of unbranched alkanes of at least 4 members (excludes halogenated alkanes) is 7. The molecule has 0 aliphatic heterocycles. The zero-order chi connectivity index (χ0) is 52.1. The number of terminal acetylenes is 1. The molecule has 0 saturated carbocycles. The van der Waals surface area contributed by atoms with Crippen molar-refractivity contribution in [2.45, 2.75) is 121 Å². The number of aldehydes is 1. The van der Waals surface area contributed by atoms with Gasteiger partial charge in [0.25, 0.3) is 6.47 Å². The Morgan fingerprint density at radius 1 is 0.686 bits per heavy atom. The normalized spacial score (nSPS) is 9.46. The Kier molecular flexibility index (Phi) is 44.3. The molecule has 8 nitrogen and oxygen atoms in total. The lowest BCUT2D eigenvalue weighted by atomic mass is 9.96. The number of ketones is 2. The van der Waals surface area contributed by atoms with Gasteiger partial charge in [-0.25, -0.2) is 0 Å². The molecule has 0 aromatic heterocycles. The van der Waals surface area contributed by atoms with E-state index < -0.39 is 0 Å².